The predicted octanol–water partition coefficient (Wildman–Crippen LogP) is 2.88. The molecule has 0 aliphatic carbocycles. The molecule has 0 bridgehead atoms. The van der Waals surface area contributed by atoms with E-state index in [1.165, 1.54) is 0 Å². The minimum absolute atomic E-state index is 0.0740. The van der Waals surface area contributed by atoms with Gasteiger partial charge in [-0.15, -0.1) is 0 Å². The zero-order chi connectivity index (χ0) is 15.7. The minimum Gasteiger partial charge on any atom is -0.494 e. The van der Waals surface area contributed by atoms with Crippen LogP contribution in [0.3, 0.4) is 0 Å². The van der Waals surface area contributed by atoms with Crippen molar-refractivity contribution < 1.29 is 14.6 Å². The Kier molecular flexibility index (Phi) is 8.01. The van der Waals surface area contributed by atoms with Gasteiger partial charge in [0.1, 0.15) is 5.75 Å². The third kappa shape index (κ3) is 6.27. The normalized spacial score (nSPS) is 10.9. The fraction of sp³-hybridized carbons (Fsp3) is 0.588. The lowest BCUT2D eigenvalue weighted by molar-refractivity contribution is 0.101. The molecule has 1 aromatic carbocycles. The summed E-state index contributed by atoms with van der Waals surface area (Å²) in [5.41, 5.74) is 1.77. The zero-order valence-corrected chi connectivity index (χ0v) is 13.4. The van der Waals surface area contributed by atoms with Crippen LogP contribution in [0.2, 0.25) is 0 Å². The van der Waals surface area contributed by atoms with Crippen molar-refractivity contribution in [1.82, 2.24) is 4.90 Å². The fourth-order valence-corrected chi connectivity index (χ4v) is 2.26. The third-order valence-electron chi connectivity index (χ3n) is 3.41. The summed E-state index contributed by atoms with van der Waals surface area (Å²) in [6.07, 6.45) is 2.96. The second-order valence-electron chi connectivity index (χ2n) is 5.33. The van der Waals surface area contributed by atoms with Crippen LogP contribution in [0, 0.1) is 0 Å². The predicted molar refractivity (Wildman–Crippen MR) is 84.9 cm³/mol. The Morgan fingerprint density at radius 1 is 1.29 bits per heavy atom. The van der Waals surface area contributed by atoms with E-state index >= 15 is 0 Å². The van der Waals surface area contributed by atoms with Gasteiger partial charge in [0.25, 0.3) is 0 Å². The molecule has 0 unspecified atom stereocenters. The number of ketones is 1. The number of ether oxygens (including phenoxy) is 1. The number of benzene rings is 1. The van der Waals surface area contributed by atoms with E-state index in [0.717, 1.165) is 49.2 Å². The lowest BCUT2D eigenvalue weighted by atomic mass is 10.1. The average molecular weight is 293 g/mol. The molecule has 0 atom stereocenters. The minimum atomic E-state index is 0.0740. The molecule has 0 fully saturated rings. The van der Waals surface area contributed by atoms with Crippen LogP contribution in [-0.2, 0) is 6.54 Å². The van der Waals surface area contributed by atoms with E-state index in [2.05, 4.69) is 11.9 Å². The van der Waals surface area contributed by atoms with Crippen LogP contribution >= 0.6 is 0 Å². The Labute approximate surface area is 127 Å². The number of nitrogens with zero attached hydrogens (tertiary/aromatic N) is 1. The Hall–Kier alpha value is -1.39. The molecule has 1 N–H and O–H groups in total. The van der Waals surface area contributed by atoms with Crippen LogP contribution in [-0.4, -0.2) is 42.6 Å². The zero-order valence-electron chi connectivity index (χ0n) is 13.4. The van der Waals surface area contributed by atoms with Gasteiger partial charge in [-0.05, 0) is 64.9 Å². The first-order valence-electron chi connectivity index (χ1n) is 7.64. The number of hydrogen-bond donors (Lipinski definition) is 1. The molecule has 0 spiro atoms. The van der Waals surface area contributed by atoms with E-state index in [1.807, 2.05) is 25.1 Å². The van der Waals surface area contributed by atoms with E-state index in [9.17, 15) is 4.79 Å². The summed E-state index contributed by atoms with van der Waals surface area (Å²) in [5, 5.41) is 8.78. The van der Waals surface area contributed by atoms with E-state index < -0.39 is 0 Å². The molecule has 0 aromatic heterocycles. The molecule has 0 saturated heterocycles. The molecule has 0 amide bonds. The number of aliphatic hydroxyl groups is 1. The first kappa shape index (κ1) is 17.7. The summed E-state index contributed by atoms with van der Waals surface area (Å²) in [4.78, 5) is 13.7. The fourth-order valence-electron chi connectivity index (χ4n) is 2.26. The summed E-state index contributed by atoms with van der Waals surface area (Å²) in [5.74, 6) is 0.926. The molecule has 4 nitrogen and oxygen atoms in total. The highest BCUT2D eigenvalue weighted by Crippen LogP contribution is 2.22. The second-order valence-corrected chi connectivity index (χ2v) is 5.33. The lowest BCUT2D eigenvalue weighted by Crippen LogP contribution is -2.20. The van der Waals surface area contributed by atoms with Crippen molar-refractivity contribution in [1.29, 1.82) is 0 Å². The van der Waals surface area contributed by atoms with Gasteiger partial charge < -0.3 is 14.7 Å². The monoisotopic (exact) mass is 293 g/mol. The largest absolute Gasteiger partial charge is 0.494 e. The molecular weight excluding hydrogens is 266 g/mol. The van der Waals surface area contributed by atoms with E-state index in [-0.39, 0.29) is 12.4 Å². The number of rotatable bonds is 10. The Bertz CT molecular complexity index is 446. The van der Waals surface area contributed by atoms with Crippen molar-refractivity contribution in [3.63, 3.8) is 0 Å². The summed E-state index contributed by atoms with van der Waals surface area (Å²) < 4.78 is 5.64. The van der Waals surface area contributed by atoms with Crippen molar-refractivity contribution in [3.05, 3.63) is 29.3 Å². The summed E-state index contributed by atoms with van der Waals surface area (Å²) in [6, 6.07) is 5.63. The maximum atomic E-state index is 11.5. The number of aliphatic hydroxyl groups excluding tert-OH is 1. The lowest BCUT2D eigenvalue weighted by Gasteiger charge is -2.19. The molecule has 0 aliphatic rings. The maximum absolute atomic E-state index is 11.5. The highest BCUT2D eigenvalue weighted by atomic mass is 16.5. The first-order valence-corrected chi connectivity index (χ1v) is 7.64. The van der Waals surface area contributed by atoms with E-state index in [0.29, 0.717) is 6.61 Å². The number of unbranched alkanes of at least 4 members (excludes halogenated alkanes) is 2. The van der Waals surface area contributed by atoms with Gasteiger partial charge in [-0.3, -0.25) is 4.79 Å². The van der Waals surface area contributed by atoms with Crippen molar-refractivity contribution in [2.75, 3.05) is 26.8 Å². The Morgan fingerprint density at radius 3 is 2.67 bits per heavy atom. The third-order valence-corrected chi connectivity index (χ3v) is 3.41. The van der Waals surface area contributed by atoms with Crippen LogP contribution in [0.4, 0.5) is 0 Å². The summed E-state index contributed by atoms with van der Waals surface area (Å²) in [7, 11) is 2.06. The highest BCUT2D eigenvalue weighted by Gasteiger charge is 2.10. The van der Waals surface area contributed by atoms with Crippen LogP contribution < -0.4 is 4.74 Å². The Balaban J connectivity index is 2.69. The van der Waals surface area contributed by atoms with Gasteiger partial charge in [0.15, 0.2) is 5.78 Å². The SMILES string of the molecule is CCOc1ccc(C(C)=O)cc1CN(C)CCCCCO. The molecule has 118 valence electrons. The van der Waals surface area contributed by atoms with Gasteiger partial charge in [0, 0.05) is 24.3 Å². The number of carbonyl (C=O) groups excluding carboxylic acids is 1. The van der Waals surface area contributed by atoms with Gasteiger partial charge in [0.2, 0.25) is 0 Å². The number of hydrogen-bond acceptors (Lipinski definition) is 4. The van der Waals surface area contributed by atoms with Crippen LogP contribution in [0.25, 0.3) is 0 Å². The summed E-state index contributed by atoms with van der Waals surface area (Å²) >= 11 is 0. The topological polar surface area (TPSA) is 49.8 Å². The molecule has 0 saturated carbocycles. The van der Waals surface area contributed by atoms with Gasteiger partial charge in [-0.2, -0.15) is 0 Å². The second kappa shape index (κ2) is 9.53. The first-order chi connectivity index (χ1) is 10.1. The number of carbonyl (C=O) groups is 1. The molecule has 1 rings (SSSR count). The van der Waals surface area contributed by atoms with Gasteiger partial charge in [0.05, 0.1) is 6.61 Å². The quantitative estimate of drug-likeness (QED) is 0.532. The van der Waals surface area contributed by atoms with E-state index in [4.69, 9.17) is 9.84 Å². The van der Waals surface area contributed by atoms with Gasteiger partial charge in [-0.1, -0.05) is 0 Å². The molecule has 4 heteroatoms. The van der Waals surface area contributed by atoms with Crippen LogP contribution in [0.1, 0.15) is 49.0 Å². The maximum Gasteiger partial charge on any atom is 0.159 e. The van der Waals surface area contributed by atoms with Crippen molar-refractivity contribution in [2.24, 2.45) is 0 Å². The highest BCUT2D eigenvalue weighted by molar-refractivity contribution is 5.94. The van der Waals surface area contributed by atoms with Crippen molar-refractivity contribution >= 4 is 5.78 Å². The van der Waals surface area contributed by atoms with Gasteiger partial charge >= 0.3 is 0 Å². The molecule has 0 heterocycles. The summed E-state index contributed by atoms with van der Waals surface area (Å²) in [6.45, 7) is 6.15. The van der Waals surface area contributed by atoms with Crippen molar-refractivity contribution in [2.45, 2.75) is 39.7 Å². The smallest absolute Gasteiger partial charge is 0.159 e. The van der Waals surface area contributed by atoms with Crippen molar-refractivity contribution in [3.8, 4) is 5.75 Å². The van der Waals surface area contributed by atoms with Crippen LogP contribution in [0.5, 0.6) is 5.75 Å². The standard InChI is InChI=1S/C17H27NO3/c1-4-21-17-9-8-15(14(2)20)12-16(17)13-18(3)10-6-5-7-11-19/h8-9,12,19H,4-7,10-11,13H2,1-3H3. The van der Waals surface area contributed by atoms with Crippen LogP contribution in [0.15, 0.2) is 18.2 Å². The molecule has 1 aromatic rings. The molecule has 0 aliphatic heterocycles. The van der Waals surface area contributed by atoms with E-state index in [1.54, 1.807) is 6.92 Å². The van der Waals surface area contributed by atoms with Gasteiger partial charge in [-0.25, -0.2) is 0 Å². The molecule has 0 radical (unpaired) electrons. The molecular formula is C17H27NO3. The molecule has 21 heavy (non-hydrogen) atoms. The average Bonchev–Trinajstić information content (AvgIpc) is 2.45. The number of Topliss-reactive ketones (excluding diaryl/α,β-unsaturated/α-hetero) is 1. The Morgan fingerprint density at radius 2 is 2.05 bits per heavy atom.